The fourth-order valence-electron chi connectivity index (χ4n) is 1.81. The summed E-state index contributed by atoms with van der Waals surface area (Å²) in [4.78, 5) is 23.6. The van der Waals surface area contributed by atoms with Crippen LogP contribution in [0.15, 0.2) is 30.3 Å². The van der Waals surface area contributed by atoms with Crippen molar-refractivity contribution < 1.29 is 14.3 Å². The molecule has 1 aromatic carbocycles. The first-order valence-electron chi connectivity index (χ1n) is 5.38. The molecule has 2 heterocycles. The number of thiophene rings is 1. The number of aldehydes is 1. The number of benzene rings is 1. The third-order valence-electron chi connectivity index (χ3n) is 2.64. The molecule has 18 heavy (non-hydrogen) atoms. The van der Waals surface area contributed by atoms with Crippen molar-refractivity contribution in [3.8, 4) is 16.2 Å². The number of nitrogens with one attached hydrogen (secondary N) is 1. The smallest absolute Gasteiger partial charge is 0.262 e. The van der Waals surface area contributed by atoms with Gasteiger partial charge in [-0.05, 0) is 35.9 Å². The molecule has 90 valence electrons. The second-order valence-corrected chi connectivity index (χ2v) is 4.98. The summed E-state index contributed by atoms with van der Waals surface area (Å²) in [5.41, 5.74) is 1.63. The zero-order valence-corrected chi connectivity index (χ0v) is 10.1. The molecule has 1 aliphatic rings. The molecule has 1 aliphatic heterocycles. The van der Waals surface area contributed by atoms with Crippen LogP contribution in [0.2, 0.25) is 0 Å². The van der Waals surface area contributed by atoms with Crippen LogP contribution < -0.4 is 10.1 Å². The van der Waals surface area contributed by atoms with Gasteiger partial charge in [-0.1, -0.05) is 0 Å². The molecule has 0 aliphatic carbocycles. The lowest BCUT2D eigenvalue weighted by Crippen LogP contribution is -2.25. The summed E-state index contributed by atoms with van der Waals surface area (Å²) in [5.74, 6) is 0.518. The minimum Gasteiger partial charge on any atom is -0.482 e. The summed E-state index contributed by atoms with van der Waals surface area (Å²) in [6.45, 7) is 0.0562. The molecule has 0 bridgehead atoms. The van der Waals surface area contributed by atoms with E-state index in [4.69, 9.17) is 4.74 Å². The van der Waals surface area contributed by atoms with E-state index in [9.17, 15) is 9.59 Å². The van der Waals surface area contributed by atoms with Crippen molar-refractivity contribution in [3.05, 3.63) is 35.2 Å². The molecular weight excluding hydrogens is 250 g/mol. The number of rotatable bonds is 2. The van der Waals surface area contributed by atoms with Crippen molar-refractivity contribution in [3.63, 3.8) is 0 Å². The SMILES string of the molecule is O=Cc1ccc(-c2ccc3c(c2)NC(=O)CO3)s1. The first-order valence-corrected chi connectivity index (χ1v) is 6.20. The van der Waals surface area contributed by atoms with Crippen molar-refractivity contribution in [2.24, 2.45) is 0 Å². The van der Waals surface area contributed by atoms with E-state index >= 15 is 0 Å². The zero-order valence-electron chi connectivity index (χ0n) is 9.30. The van der Waals surface area contributed by atoms with Gasteiger partial charge in [0.1, 0.15) is 5.75 Å². The fourth-order valence-corrected chi connectivity index (χ4v) is 2.63. The summed E-state index contributed by atoms with van der Waals surface area (Å²) in [5, 5.41) is 2.76. The van der Waals surface area contributed by atoms with Crippen LogP contribution in [0.1, 0.15) is 9.67 Å². The molecule has 5 heteroatoms. The predicted molar refractivity (Wildman–Crippen MR) is 69.3 cm³/mol. The molecule has 1 aromatic heterocycles. The van der Waals surface area contributed by atoms with Crippen molar-refractivity contribution in [2.75, 3.05) is 11.9 Å². The van der Waals surface area contributed by atoms with Crippen LogP contribution in [0, 0.1) is 0 Å². The monoisotopic (exact) mass is 259 g/mol. The maximum Gasteiger partial charge on any atom is 0.262 e. The van der Waals surface area contributed by atoms with E-state index in [1.54, 1.807) is 6.07 Å². The zero-order chi connectivity index (χ0) is 12.5. The van der Waals surface area contributed by atoms with E-state index in [-0.39, 0.29) is 12.5 Å². The van der Waals surface area contributed by atoms with Crippen LogP contribution in [0.25, 0.3) is 10.4 Å². The molecule has 0 atom stereocenters. The first kappa shape index (κ1) is 11.0. The number of amides is 1. The topological polar surface area (TPSA) is 55.4 Å². The highest BCUT2D eigenvalue weighted by Gasteiger charge is 2.16. The second kappa shape index (κ2) is 4.27. The summed E-state index contributed by atoms with van der Waals surface area (Å²) in [6.07, 6.45) is 0.831. The van der Waals surface area contributed by atoms with Gasteiger partial charge in [0, 0.05) is 4.88 Å². The van der Waals surface area contributed by atoms with Crippen LogP contribution in [0.5, 0.6) is 5.75 Å². The van der Waals surface area contributed by atoms with Crippen molar-refractivity contribution in [1.82, 2.24) is 0 Å². The van der Waals surface area contributed by atoms with Gasteiger partial charge in [-0.15, -0.1) is 11.3 Å². The Labute approximate surface area is 107 Å². The maximum absolute atomic E-state index is 11.2. The van der Waals surface area contributed by atoms with E-state index in [0.717, 1.165) is 16.7 Å². The highest BCUT2D eigenvalue weighted by atomic mass is 32.1. The average Bonchev–Trinajstić information content (AvgIpc) is 2.86. The Morgan fingerprint density at radius 3 is 2.94 bits per heavy atom. The molecule has 1 N–H and O–H groups in total. The molecule has 0 unspecified atom stereocenters. The van der Waals surface area contributed by atoms with E-state index in [0.29, 0.717) is 16.3 Å². The van der Waals surface area contributed by atoms with Gasteiger partial charge in [-0.2, -0.15) is 0 Å². The van der Waals surface area contributed by atoms with E-state index in [1.807, 2.05) is 24.3 Å². The van der Waals surface area contributed by atoms with Crippen LogP contribution in [0.3, 0.4) is 0 Å². The van der Waals surface area contributed by atoms with Crippen LogP contribution >= 0.6 is 11.3 Å². The Bertz CT molecular complexity index is 633. The molecule has 0 saturated heterocycles. The van der Waals surface area contributed by atoms with Gasteiger partial charge in [0.05, 0.1) is 10.6 Å². The van der Waals surface area contributed by atoms with Crippen LogP contribution in [-0.4, -0.2) is 18.8 Å². The number of carbonyl (C=O) groups is 2. The molecule has 3 rings (SSSR count). The summed E-state index contributed by atoms with van der Waals surface area (Å²) < 4.78 is 5.29. The van der Waals surface area contributed by atoms with Crippen LogP contribution in [0.4, 0.5) is 5.69 Å². The number of fused-ring (bicyclic) bond motifs is 1. The van der Waals surface area contributed by atoms with Gasteiger partial charge in [0.25, 0.3) is 5.91 Å². The first-order chi connectivity index (χ1) is 8.76. The van der Waals surface area contributed by atoms with E-state index < -0.39 is 0 Å². The molecule has 0 spiro atoms. The van der Waals surface area contributed by atoms with E-state index in [1.165, 1.54) is 11.3 Å². The van der Waals surface area contributed by atoms with Gasteiger partial charge in [0.15, 0.2) is 12.9 Å². The van der Waals surface area contributed by atoms with Gasteiger partial charge in [-0.3, -0.25) is 9.59 Å². The Morgan fingerprint density at radius 1 is 1.28 bits per heavy atom. The average molecular weight is 259 g/mol. The normalized spacial score (nSPS) is 13.4. The second-order valence-electron chi connectivity index (χ2n) is 3.87. The minimum atomic E-state index is -0.153. The standard InChI is InChI=1S/C13H9NO3S/c15-6-9-2-4-12(18-9)8-1-3-11-10(5-8)14-13(16)7-17-11/h1-6H,7H2,(H,14,16). The molecule has 0 fully saturated rings. The van der Waals surface area contributed by atoms with Gasteiger partial charge in [0.2, 0.25) is 0 Å². The lowest BCUT2D eigenvalue weighted by molar-refractivity contribution is -0.118. The minimum absolute atomic E-state index is 0.0562. The third kappa shape index (κ3) is 1.89. The highest BCUT2D eigenvalue weighted by Crippen LogP contribution is 2.35. The molecule has 4 nitrogen and oxygen atoms in total. The summed E-state index contributed by atoms with van der Waals surface area (Å²) in [7, 11) is 0. The van der Waals surface area contributed by atoms with Crippen molar-refractivity contribution in [2.45, 2.75) is 0 Å². The Balaban J connectivity index is 2.01. The predicted octanol–water partition coefficient (Wildman–Crippen LogP) is 2.56. The summed E-state index contributed by atoms with van der Waals surface area (Å²) in [6, 6.07) is 9.26. The highest BCUT2D eigenvalue weighted by molar-refractivity contribution is 7.17. The maximum atomic E-state index is 11.2. The Kier molecular flexibility index (Phi) is 2.60. The lowest BCUT2D eigenvalue weighted by atomic mass is 10.1. The van der Waals surface area contributed by atoms with Gasteiger partial charge < -0.3 is 10.1 Å². The fraction of sp³-hybridized carbons (Fsp3) is 0.0769. The van der Waals surface area contributed by atoms with Gasteiger partial charge in [-0.25, -0.2) is 0 Å². The number of anilines is 1. The van der Waals surface area contributed by atoms with Gasteiger partial charge >= 0.3 is 0 Å². The number of hydrogen-bond donors (Lipinski definition) is 1. The third-order valence-corrected chi connectivity index (χ3v) is 3.70. The number of carbonyl (C=O) groups excluding carboxylic acids is 2. The Morgan fingerprint density at radius 2 is 2.17 bits per heavy atom. The molecule has 1 amide bonds. The molecule has 0 saturated carbocycles. The van der Waals surface area contributed by atoms with Crippen molar-refractivity contribution in [1.29, 1.82) is 0 Å². The number of hydrogen-bond acceptors (Lipinski definition) is 4. The summed E-state index contributed by atoms with van der Waals surface area (Å²) >= 11 is 1.42. The largest absolute Gasteiger partial charge is 0.482 e. The van der Waals surface area contributed by atoms with Crippen molar-refractivity contribution >= 4 is 29.2 Å². The van der Waals surface area contributed by atoms with Crippen LogP contribution in [-0.2, 0) is 4.79 Å². The lowest BCUT2D eigenvalue weighted by Gasteiger charge is -2.18. The molecular formula is C13H9NO3S. The van der Waals surface area contributed by atoms with E-state index in [2.05, 4.69) is 5.32 Å². The quantitative estimate of drug-likeness (QED) is 0.843. The molecule has 2 aromatic rings. The number of ether oxygens (including phenoxy) is 1. The molecule has 0 radical (unpaired) electrons. The Hall–Kier alpha value is -2.14.